The second-order valence-electron chi connectivity index (χ2n) is 6.10. The highest BCUT2D eigenvalue weighted by molar-refractivity contribution is 6.30. The van der Waals surface area contributed by atoms with Gasteiger partial charge in [-0.3, -0.25) is 14.8 Å². The minimum atomic E-state index is -0.259. The van der Waals surface area contributed by atoms with E-state index in [4.69, 9.17) is 16.3 Å². The molecule has 4 rings (SSSR count). The predicted molar refractivity (Wildman–Crippen MR) is 102 cm³/mol. The molecule has 3 aromatic rings. The number of morpholine rings is 1. The molecule has 1 fully saturated rings. The topological polar surface area (TPSA) is 83.1 Å². The zero-order chi connectivity index (χ0) is 18.6. The maximum absolute atomic E-state index is 13.0. The molecule has 1 atom stereocenters. The fourth-order valence-corrected chi connectivity index (χ4v) is 3.08. The first-order valence-electron chi connectivity index (χ1n) is 8.60. The molecule has 2 aromatic heterocycles. The molecule has 0 saturated carbocycles. The molecule has 138 valence electrons. The number of amides is 1. The molecular formula is C19H18ClN5O2. The Labute approximate surface area is 161 Å². The van der Waals surface area contributed by atoms with E-state index in [2.05, 4.69) is 20.5 Å². The molecule has 0 radical (unpaired) electrons. The molecule has 1 aliphatic rings. The van der Waals surface area contributed by atoms with Gasteiger partial charge in [0.05, 0.1) is 23.4 Å². The van der Waals surface area contributed by atoms with Crippen LogP contribution in [0.1, 0.15) is 22.2 Å². The molecule has 0 spiro atoms. The molecule has 2 N–H and O–H groups in total. The minimum absolute atomic E-state index is 0.0122. The Morgan fingerprint density at radius 2 is 2.04 bits per heavy atom. The van der Waals surface area contributed by atoms with Crippen LogP contribution in [0.5, 0.6) is 0 Å². The fraction of sp³-hybridized carbons (Fsp3) is 0.211. The lowest BCUT2D eigenvalue weighted by atomic mass is 10.1. The van der Waals surface area contributed by atoms with Crippen LogP contribution in [-0.4, -0.2) is 40.8 Å². The van der Waals surface area contributed by atoms with Gasteiger partial charge in [-0.05, 0) is 35.9 Å². The second-order valence-corrected chi connectivity index (χ2v) is 6.54. The summed E-state index contributed by atoms with van der Waals surface area (Å²) in [5.41, 5.74) is 2.12. The Morgan fingerprint density at radius 1 is 1.19 bits per heavy atom. The normalized spacial score (nSPS) is 16.9. The van der Waals surface area contributed by atoms with Gasteiger partial charge in [-0.2, -0.15) is 5.10 Å². The van der Waals surface area contributed by atoms with Gasteiger partial charge in [0.2, 0.25) is 0 Å². The zero-order valence-corrected chi connectivity index (χ0v) is 15.2. The maximum Gasteiger partial charge on any atom is 0.282 e. The lowest BCUT2D eigenvalue weighted by molar-refractivity contribution is 0.0277. The van der Waals surface area contributed by atoms with Crippen molar-refractivity contribution in [2.45, 2.75) is 6.10 Å². The first-order valence-corrected chi connectivity index (χ1v) is 8.98. The van der Waals surface area contributed by atoms with Crippen LogP contribution in [0.15, 0.2) is 54.9 Å². The summed E-state index contributed by atoms with van der Waals surface area (Å²) < 4.78 is 5.79. The summed E-state index contributed by atoms with van der Waals surface area (Å²) >= 11 is 5.95. The van der Waals surface area contributed by atoms with Crippen molar-refractivity contribution < 1.29 is 9.53 Å². The number of hydrogen-bond acceptors (Lipinski definition) is 5. The number of anilines is 2. The molecule has 1 aliphatic heterocycles. The molecule has 0 bridgehead atoms. The van der Waals surface area contributed by atoms with Crippen molar-refractivity contribution in [2.75, 3.05) is 24.6 Å². The highest BCUT2D eigenvalue weighted by Crippen LogP contribution is 2.28. The molecule has 1 aromatic carbocycles. The second kappa shape index (κ2) is 7.87. The summed E-state index contributed by atoms with van der Waals surface area (Å²) in [6, 6.07) is 12.7. The monoisotopic (exact) mass is 383 g/mol. The summed E-state index contributed by atoms with van der Waals surface area (Å²) in [7, 11) is 0. The first kappa shape index (κ1) is 17.7. The van der Waals surface area contributed by atoms with E-state index in [1.54, 1.807) is 18.2 Å². The highest BCUT2D eigenvalue weighted by atomic mass is 35.5. The standard InChI is InChI=1S/C19H18ClN5O2/c20-14-3-6-18(22-11-14)25(19(26)16-7-8-23-24-16)15-4-1-13(2-5-15)17-12-21-9-10-27-17/h1-8,11,17,21H,9-10,12H2,(H,23,24)/t17-/m1/s1. The SMILES string of the molecule is O=C(c1ccn[nH]1)N(c1ccc([C@H]2CNCCO2)cc1)c1ccc(Cl)cn1. The average molecular weight is 384 g/mol. The van der Waals surface area contributed by atoms with E-state index >= 15 is 0 Å². The minimum Gasteiger partial charge on any atom is -0.371 e. The summed E-state index contributed by atoms with van der Waals surface area (Å²) in [6.07, 6.45) is 3.07. The number of carbonyl (C=O) groups excluding carboxylic acids is 1. The van der Waals surface area contributed by atoms with Gasteiger partial charge in [0.1, 0.15) is 11.5 Å². The number of pyridine rings is 1. The van der Waals surface area contributed by atoms with E-state index in [-0.39, 0.29) is 12.0 Å². The van der Waals surface area contributed by atoms with Gasteiger partial charge in [0.15, 0.2) is 0 Å². The van der Waals surface area contributed by atoms with Gasteiger partial charge in [-0.1, -0.05) is 23.7 Å². The molecule has 0 unspecified atom stereocenters. The van der Waals surface area contributed by atoms with Crippen molar-refractivity contribution in [1.82, 2.24) is 20.5 Å². The quantitative estimate of drug-likeness (QED) is 0.723. The number of hydrogen-bond donors (Lipinski definition) is 2. The Kier molecular flexibility index (Phi) is 5.15. The number of benzene rings is 1. The summed E-state index contributed by atoms with van der Waals surface area (Å²) in [4.78, 5) is 18.8. The summed E-state index contributed by atoms with van der Waals surface area (Å²) in [6.45, 7) is 2.32. The zero-order valence-electron chi connectivity index (χ0n) is 14.4. The Bertz CT molecular complexity index is 891. The Balaban J connectivity index is 1.67. The molecule has 1 saturated heterocycles. The van der Waals surface area contributed by atoms with Crippen LogP contribution in [0.3, 0.4) is 0 Å². The molecule has 8 heteroatoms. The van der Waals surface area contributed by atoms with Gasteiger partial charge in [0, 0.05) is 25.5 Å². The molecule has 0 aliphatic carbocycles. The lowest BCUT2D eigenvalue weighted by Gasteiger charge is -2.25. The van der Waals surface area contributed by atoms with Gasteiger partial charge in [-0.25, -0.2) is 4.98 Å². The number of rotatable bonds is 4. The van der Waals surface area contributed by atoms with Crippen molar-refractivity contribution in [2.24, 2.45) is 0 Å². The van der Waals surface area contributed by atoms with Crippen molar-refractivity contribution in [1.29, 1.82) is 0 Å². The first-order chi connectivity index (χ1) is 13.2. The van der Waals surface area contributed by atoms with Crippen LogP contribution < -0.4 is 10.2 Å². The van der Waals surface area contributed by atoms with E-state index in [0.29, 0.717) is 28.8 Å². The lowest BCUT2D eigenvalue weighted by Crippen LogP contribution is -2.33. The largest absolute Gasteiger partial charge is 0.371 e. The van der Waals surface area contributed by atoms with Crippen molar-refractivity contribution in [3.05, 3.63) is 71.1 Å². The number of nitrogens with zero attached hydrogens (tertiary/aromatic N) is 3. The van der Waals surface area contributed by atoms with E-state index in [9.17, 15) is 4.79 Å². The van der Waals surface area contributed by atoms with Crippen LogP contribution in [0.2, 0.25) is 5.02 Å². The van der Waals surface area contributed by atoms with Crippen LogP contribution in [0, 0.1) is 0 Å². The predicted octanol–water partition coefficient (Wildman–Crippen LogP) is 3.10. The van der Waals surface area contributed by atoms with Crippen LogP contribution in [-0.2, 0) is 4.74 Å². The fourth-order valence-electron chi connectivity index (χ4n) is 2.97. The number of aromatic nitrogens is 3. The third-order valence-electron chi connectivity index (χ3n) is 4.33. The van der Waals surface area contributed by atoms with E-state index in [0.717, 1.165) is 18.7 Å². The molecule has 7 nitrogen and oxygen atoms in total. The molecule has 3 heterocycles. The van der Waals surface area contributed by atoms with Crippen LogP contribution in [0.25, 0.3) is 0 Å². The van der Waals surface area contributed by atoms with Gasteiger partial charge < -0.3 is 10.1 Å². The van der Waals surface area contributed by atoms with Gasteiger partial charge >= 0.3 is 0 Å². The average Bonchev–Trinajstić information content (AvgIpc) is 3.26. The molecular weight excluding hydrogens is 366 g/mol. The smallest absolute Gasteiger partial charge is 0.282 e. The third-order valence-corrected chi connectivity index (χ3v) is 4.55. The van der Waals surface area contributed by atoms with Gasteiger partial charge in [-0.15, -0.1) is 0 Å². The molecule has 1 amide bonds. The van der Waals surface area contributed by atoms with Crippen molar-refractivity contribution >= 4 is 29.0 Å². The van der Waals surface area contributed by atoms with E-state index < -0.39 is 0 Å². The maximum atomic E-state index is 13.0. The highest BCUT2D eigenvalue weighted by Gasteiger charge is 2.23. The number of aromatic amines is 1. The van der Waals surface area contributed by atoms with Crippen molar-refractivity contribution in [3.8, 4) is 0 Å². The number of halogens is 1. The Morgan fingerprint density at radius 3 is 2.67 bits per heavy atom. The Hall–Kier alpha value is -2.74. The van der Waals surface area contributed by atoms with Gasteiger partial charge in [0.25, 0.3) is 5.91 Å². The van der Waals surface area contributed by atoms with Crippen molar-refractivity contribution in [3.63, 3.8) is 0 Å². The van der Waals surface area contributed by atoms with E-state index in [1.165, 1.54) is 17.3 Å². The number of ether oxygens (including phenoxy) is 1. The van der Waals surface area contributed by atoms with Crippen LogP contribution >= 0.6 is 11.6 Å². The third kappa shape index (κ3) is 3.85. The number of carbonyl (C=O) groups is 1. The van der Waals surface area contributed by atoms with Crippen LogP contribution in [0.4, 0.5) is 11.5 Å². The number of H-pyrrole nitrogens is 1. The number of nitrogens with one attached hydrogen (secondary N) is 2. The summed E-state index contributed by atoms with van der Waals surface area (Å²) in [5, 5.41) is 10.4. The summed E-state index contributed by atoms with van der Waals surface area (Å²) in [5.74, 6) is 0.216. The molecule has 27 heavy (non-hydrogen) atoms. The van der Waals surface area contributed by atoms with E-state index in [1.807, 2.05) is 24.3 Å².